The van der Waals surface area contributed by atoms with Gasteiger partial charge in [0, 0.05) is 61.6 Å². The summed E-state index contributed by atoms with van der Waals surface area (Å²) < 4.78 is 29.6. The van der Waals surface area contributed by atoms with Crippen LogP contribution in [-0.2, 0) is 4.79 Å². The molecule has 1 amide bonds. The van der Waals surface area contributed by atoms with E-state index in [0.29, 0.717) is 29.1 Å². The normalized spacial score (nSPS) is 17.4. The summed E-state index contributed by atoms with van der Waals surface area (Å²) in [7, 11) is 2.05. The highest BCUT2D eigenvalue weighted by Gasteiger charge is 2.27. The smallest absolute Gasteiger partial charge is 0.270 e. The number of rotatable bonds is 7. The van der Waals surface area contributed by atoms with E-state index in [1.165, 1.54) is 6.07 Å². The molecule has 2 aromatic carbocycles. The number of likely N-dealkylation sites (N-methyl/N-ethyl adjacent to an activating group) is 1. The number of anilines is 1. The van der Waals surface area contributed by atoms with Crippen LogP contribution in [0.5, 0.6) is 0 Å². The zero-order valence-corrected chi connectivity index (χ0v) is 19.6. The Hall–Kier alpha value is -2.80. The average Bonchev–Trinajstić information content (AvgIpc) is 3.61. The van der Waals surface area contributed by atoms with Gasteiger partial charge in [-0.3, -0.25) is 9.79 Å². The summed E-state index contributed by atoms with van der Waals surface area (Å²) in [6.45, 7) is 7.70. The predicted octanol–water partition coefficient (Wildman–Crippen LogP) is 4.17. The largest absolute Gasteiger partial charge is 0.369 e. The maximum absolute atomic E-state index is 15.0. The highest BCUT2D eigenvalue weighted by atomic mass is 19.2. The van der Waals surface area contributed by atoms with Crippen LogP contribution in [0.25, 0.3) is 11.1 Å². The molecule has 1 heterocycles. The SMILES string of the molecule is CCCN=C(C(=O)NC1CC1)c1cc(-c2cc(N3CCN(C)CC3)cc(F)c2F)ccc1C. The van der Waals surface area contributed by atoms with Gasteiger partial charge in [0.15, 0.2) is 11.6 Å². The summed E-state index contributed by atoms with van der Waals surface area (Å²) in [6, 6.07) is 8.58. The molecule has 1 saturated carbocycles. The topological polar surface area (TPSA) is 47.9 Å². The minimum atomic E-state index is -0.878. The molecule has 0 bridgehead atoms. The predicted molar refractivity (Wildman–Crippen MR) is 129 cm³/mol. The van der Waals surface area contributed by atoms with Crippen molar-refractivity contribution < 1.29 is 13.6 Å². The Labute approximate surface area is 194 Å². The van der Waals surface area contributed by atoms with E-state index in [9.17, 15) is 13.6 Å². The van der Waals surface area contributed by atoms with E-state index in [2.05, 4.69) is 27.2 Å². The van der Waals surface area contributed by atoms with Crippen molar-refractivity contribution in [1.29, 1.82) is 0 Å². The van der Waals surface area contributed by atoms with Crippen molar-refractivity contribution in [3.8, 4) is 11.1 Å². The highest BCUT2D eigenvalue weighted by molar-refractivity contribution is 6.45. The lowest BCUT2D eigenvalue weighted by atomic mass is 9.95. The van der Waals surface area contributed by atoms with Gasteiger partial charge in [-0.2, -0.15) is 0 Å². The lowest BCUT2D eigenvalue weighted by Gasteiger charge is -2.34. The maximum atomic E-state index is 15.0. The fourth-order valence-corrected chi connectivity index (χ4v) is 4.06. The molecular formula is C26H32F2N4O. The van der Waals surface area contributed by atoms with Crippen molar-refractivity contribution in [2.24, 2.45) is 4.99 Å². The number of hydrogen-bond donors (Lipinski definition) is 1. The van der Waals surface area contributed by atoms with E-state index >= 15 is 0 Å². The van der Waals surface area contributed by atoms with Gasteiger partial charge >= 0.3 is 0 Å². The van der Waals surface area contributed by atoms with E-state index in [1.54, 1.807) is 18.2 Å². The van der Waals surface area contributed by atoms with Crippen LogP contribution >= 0.6 is 0 Å². The van der Waals surface area contributed by atoms with Gasteiger partial charge < -0.3 is 15.1 Å². The lowest BCUT2D eigenvalue weighted by Crippen LogP contribution is -2.44. The molecule has 0 radical (unpaired) electrons. The minimum absolute atomic E-state index is 0.197. The molecule has 0 unspecified atom stereocenters. The molecule has 0 atom stereocenters. The van der Waals surface area contributed by atoms with Crippen LogP contribution in [0.4, 0.5) is 14.5 Å². The number of carbonyl (C=O) groups excluding carboxylic acids is 1. The van der Waals surface area contributed by atoms with Crippen LogP contribution in [0.2, 0.25) is 0 Å². The first kappa shape index (κ1) is 23.4. The monoisotopic (exact) mass is 454 g/mol. The summed E-state index contributed by atoms with van der Waals surface area (Å²) in [4.78, 5) is 21.8. The minimum Gasteiger partial charge on any atom is -0.369 e. The van der Waals surface area contributed by atoms with Crippen LogP contribution in [0.15, 0.2) is 35.3 Å². The number of aryl methyl sites for hydroxylation is 1. The molecule has 4 rings (SSSR count). The maximum Gasteiger partial charge on any atom is 0.270 e. The first-order chi connectivity index (χ1) is 15.9. The molecule has 33 heavy (non-hydrogen) atoms. The Balaban J connectivity index is 1.72. The quantitative estimate of drug-likeness (QED) is 0.639. The molecule has 176 valence electrons. The Bertz CT molecular complexity index is 1060. The number of benzene rings is 2. The molecule has 2 aromatic rings. The van der Waals surface area contributed by atoms with Crippen LogP contribution in [0.1, 0.15) is 37.3 Å². The second-order valence-corrected chi connectivity index (χ2v) is 9.09. The third-order valence-corrected chi connectivity index (χ3v) is 6.31. The number of nitrogens with one attached hydrogen (secondary N) is 1. The molecule has 2 fully saturated rings. The summed E-state index contributed by atoms with van der Waals surface area (Å²) in [6.07, 6.45) is 2.77. The van der Waals surface area contributed by atoms with Crippen molar-refractivity contribution in [2.75, 3.05) is 44.7 Å². The van der Waals surface area contributed by atoms with Gasteiger partial charge in [0.05, 0.1) is 0 Å². The number of piperazine rings is 1. The molecule has 0 aromatic heterocycles. The molecule has 1 saturated heterocycles. The Morgan fingerprint density at radius 1 is 1.12 bits per heavy atom. The number of amides is 1. The van der Waals surface area contributed by atoms with Gasteiger partial charge in [-0.25, -0.2) is 8.78 Å². The Kier molecular flexibility index (Phi) is 7.08. The number of aliphatic imine (C=N–C) groups is 1. The Morgan fingerprint density at radius 2 is 1.85 bits per heavy atom. The molecule has 5 nitrogen and oxygen atoms in total. The number of halogens is 2. The van der Waals surface area contributed by atoms with Crippen LogP contribution in [-0.4, -0.2) is 62.3 Å². The van der Waals surface area contributed by atoms with E-state index in [1.807, 2.05) is 19.9 Å². The highest BCUT2D eigenvalue weighted by Crippen LogP contribution is 2.32. The standard InChI is InChI=1S/C26H32F2N4O/c1-4-9-29-25(26(33)30-19-7-8-19)21-14-18(6-5-17(21)2)22-15-20(16-23(27)24(22)28)32-12-10-31(3)11-13-32/h5-6,14-16,19H,4,7-13H2,1-3H3,(H,30,33). The van der Waals surface area contributed by atoms with E-state index in [4.69, 9.17) is 0 Å². The zero-order valence-electron chi connectivity index (χ0n) is 19.6. The van der Waals surface area contributed by atoms with E-state index in [-0.39, 0.29) is 17.5 Å². The summed E-state index contributed by atoms with van der Waals surface area (Å²) in [5.74, 6) is -1.95. The van der Waals surface area contributed by atoms with E-state index < -0.39 is 11.6 Å². The second kappa shape index (κ2) is 10.00. The molecule has 1 N–H and O–H groups in total. The van der Waals surface area contributed by atoms with Crippen molar-refractivity contribution in [2.45, 2.75) is 39.2 Å². The lowest BCUT2D eigenvalue weighted by molar-refractivity contribution is -0.114. The summed E-state index contributed by atoms with van der Waals surface area (Å²) in [5, 5.41) is 3.01. The van der Waals surface area contributed by atoms with Crippen LogP contribution in [0, 0.1) is 18.6 Å². The van der Waals surface area contributed by atoms with E-state index in [0.717, 1.165) is 51.0 Å². The first-order valence-electron chi connectivity index (χ1n) is 11.8. The van der Waals surface area contributed by atoms with Gasteiger partial charge in [0.1, 0.15) is 5.71 Å². The molecule has 0 spiro atoms. The number of carbonyl (C=O) groups is 1. The van der Waals surface area contributed by atoms with Crippen molar-refractivity contribution in [1.82, 2.24) is 10.2 Å². The zero-order chi connectivity index (χ0) is 23.5. The van der Waals surface area contributed by atoms with Gasteiger partial charge in [-0.05, 0) is 56.5 Å². The third kappa shape index (κ3) is 5.41. The Morgan fingerprint density at radius 3 is 2.52 bits per heavy atom. The fourth-order valence-electron chi connectivity index (χ4n) is 4.06. The van der Waals surface area contributed by atoms with Crippen LogP contribution < -0.4 is 10.2 Å². The van der Waals surface area contributed by atoms with Gasteiger partial charge in [-0.15, -0.1) is 0 Å². The molecule has 1 aliphatic carbocycles. The summed E-state index contributed by atoms with van der Waals surface area (Å²) >= 11 is 0. The van der Waals surface area contributed by atoms with Gasteiger partial charge in [0.25, 0.3) is 5.91 Å². The average molecular weight is 455 g/mol. The summed E-state index contributed by atoms with van der Waals surface area (Å²) in [5.41, 5.74) is 3.29. The first-order valence-corrected chi connectivity index (χ1v) is 11.8. The molecule has 2 aliphatic rings. The molecular weight excluding hydrogens is 422 g/mol. The van der Waals surface area contributed by atoms with Crippen molar-refractivity contribution in [3.05, 3.63) is 53.1 Å². The number of hydrogen-bond acceptors (Lipinski definition) is 4. The van der Waals surface area contributed by atoms with Crippen molar-refractivity contribution in [3.63, 3.8) is 0 Å². The molecule has 7 heteroatoms. The number of nitrogens with zero attached hydrogens (tertiary/aromatic N) is 3. The fraction of sp³-hybridized carbons (Fsp3) is 0.462. The third-order valence-electron chi connectivity index (χ3n) is 6.31. The second-order valence-electron chi connectivity index (χ2n) is 9.09. The van der Waals surface area contributed by atoms with Gasteiger partial charge in [-0.1, -0.05) is 19.1 Å². The van der Waals surface area contributed by atoms with Crippen LogP contribution in [0.3, 0.4) is 0 Å². The van der Waals surface area contributed by atoms with Crippen molar-refractivity contribution >= 4 is 17.3 Å². The van der Waals surface area contributed by atoms with Gasteiger partial charge in [0.2, 0.25) is 0 Å². The molecule has 1 aliphatic heterocycles.